The van der Waals surface area contributed by atoms with Gasteiger partial charge < -0.3 is 15.4 Å². The number of nitrogens with zero attached hydrogens (tertiary/aromatic N) is 4. The van der Waals surface area contributed by atoms with Gasteiger partial charge in [-0.3, -0.25) is 5.10 Å². The predicted octanol–water partition coefficient (Wildman–Crippen LogP) is 1.37. The number of nitrogens with two attached hydrogens (primary N) is 1. The number of hydrogen-bond acceptors (Lipinski definition) is 6. The van der Waals surface area contributed by atoms with Gasteiger partial charge >= 0.3 is 0 Å². The molecule has 0 saturated carbocycles. The summed E-state index contributed by atoms with van der Waals surface area (Å²) in [6, 6.07) is 2.44. The lowest BCUT2D eigenvalue weighted by atomic mass is 9.85. The average Bonchev–Trinajstić information content (AvgIpc) is 3.09. The van der Waals surface area contributed by atoms with Crippen LogP contribution in [0.1, 0.15) is 31.9 Å². The largest absolute Gasteiger partial charge is 0.381 e. The number of rotatable bonds is 2. The first kappa shape index (κ1) is 14.4. The zero-order chi connectivity index (χ0) is 15.8. The molecule has 0 spiro atoms. The third-order valence-corrected chi connectivity index (χ3v) is 4.96. The monoisotopic (exact) mass is 314 g/mol. The van der Waals surface area contributed by atoms with E-state index in [0.717, 1.165) is 43.9 Å². The molecule has 0 aromatic carbocycles. The Kier molecular flexibility index (Phi) is 3.65. The first-order chi connectivity index (χ1) is 11.2. The number of aromatic nitrogens is 2. The number of guanidine groups is 1. The molecule has 3 aliphatic heterocycles. The van der Waals surface area contributed by atoms with Gasteiger partial charge in [-0.1, -0.05) is 0 Å². The molecule has 1 aromatic heterocycles. The lowest BCUT2D eigenvalue weighted by Crippen LogP contribution is -2.51. The molecule has 2 atom stereocenters. The van der Waals surface area contributed by atoms with Crippen molar-refractivity contribution >= 4 is 17.2 Å². The van der Waals surface area contributed by atoms with Crippen molar-refractivity contribution in [3.63, 3.8) is 0 Å². The molecular weight excluding hydrogens is 292 g/mol. The van der Waals surface area contributed by atoms with E-state index in [9.17, 15) is 0 Å². The number of hydrogen-bond donors (Lipinski definition) is 2. The number of ether oxygens (including phenoxy) is 1. The summed E-state index contributed by atoms with van der Waals surface area (Å²) in [6.07, 6.45) is 7.00. The molecule has 7 nitrogen and oxygen atoms in total. The number of aliphatic imine (C=N–C) groups is 2. The van der Waals surface area contributed by atoms with Crippen molar-refractivity contribution < 1.29 is 4.74 Å². The summed E-state index contributed by atoms with van der Waals surface area (Å²) in [6.45, 7) is 3.66. The normalized spacial score (nSPS) is 28.7. The van der Waals surface area contributed by atoms with Crippen LogP contribution in [0.15, 0.2) is 28.4 Å². The van der Waals surface area contributed by atoms with Crippen molar-refractivity contribution in [1.82, 2.24) is 15.1 Å². The molecule has 1 saturated heterocycles. The zero-order valence-electron chi connectivity index (χ0n) is 13.3. The molecule has 4 heterocycles. The molecule has 7 heteroatoms. The smallest absolute Gasteiger partial charge is 0.217 e. The summed E-state index contributed by atoms with van der Waals surface area (Å²) >= 11 is 0. The van der Waals surface area contributed by atoms with Gasteiger partial charge in [-0.2, -0.15) is 5.10 Å². The predicted molar refractivity (Wildman–Crippen MR) is 88.9 cm³/mol. The van der Waals surface area contributed by atoms with Crippen LogP contribution >= 0.6 is 0 Å². The van der Waals surface area contributed by atoms with E-state index in [2.05, 4.69) is 38.2 Å². The van der Waals surface area contributed by atoms with Gasteiger partial charge in [0.25, 0.3) is 0 Å². The Labute approximate surface area is 135 Å². The fourth-order valence-electron chi connectivity index (χ4n) is 3.73. The third kappa shape index (κ3) is 2.65. The number of allylic oxidation sites excluding steroid dienone is 1. The van der Waals surface area contributed by atoms with E-state index in [0.29, 0.717) is 12.0 Å². The first-order valence-corrected chi connectivity index (χ1v) is 8.16. The zero-order valence-corrected chi connectivity index (χ0v) is 13.3. The molecule has 3 N–H and O–H groups in total. The second-order valence-electron chi connectivity index (χ2n) is 6.38. The third-order valence-electron chi connectivity index (χ3n) is 4.96. The van der Waals surface area contributed by atoms with Crippen molar-refractivity contribution in [2.75, 3.05) is 13.2 Å². The fourth-order valence-corrected chi connectivity index (χ4v) is 3.73. The van der Waals surface area contributed by atoms with Crippen molar-refractivity contribution in [3.05, 3.63) is 24.2 Å². The first-order valence-electron chi connectivity index (χ1n) is 8.16. The molecule has 2 unspecified atom stereocenters. The van der Waals surface area contributed by atoms with Gasteiger partial charge in [0.05, 0.1) is 5.69 Å². The topological polar surface area (TPSA) is 91.9 Å². The van der Waals surface area contributed by atoms with E-state index in [1.54, 1.807) is 6.20 Å². The molecule has 122 valence electrons. The highest BCUT2D eigenvalue weighted by molar-refractivity contribution is 5.99. The Morgan fingerprint density at radius 1 is 1.35 bits per heavy atom. The van der Waals surface area contributed by atoms with Crippen molar-refractivity contribution in [3.8, 4) is 0 Å². The standard InChI is InChI=1S/C16H22N6O/c1-10-13-8-11(14-2-5-18-21-14)9-22(12-3-6-23-7-4-12)15(13)20-16(17)19-10/h2,5,9,12-13,15H,3-4,6-8H2,1H3,(H2,17,20)(H,18,21). The Balaban J connectivity index is 1.72. The highest BCUT2D eigenvalue weighted by atomic mass is 16.5. The van der Waals surface area contributed by atoms with E-state index < -0.39 is 0 Å². The molecule has 1 aromatic rings. The number of H-pyrrole nitrogens is 1. The summed E-state index contributed by atoms with van der Waals surface area (Å²) in [7, 11) is 0. The lowest BCUT2D eigenvalue weighted by molar-refractivity contribution is 0.0313. The van der Waals surface area contributed by atoms with Crippen LogP contribution in [0, 0.1) is 5.92 Å². The maximum Gasteiger partial charge on any atom is 0.217 e. The Bertz CT molecular complexity index is 656. The van der Waals surface area contributed by atoms with Crippen molar-refractivity contribution in [2.24, 2.45) is 21.6 Å². The Hall–Kier alpha value is -2.15. The summed E-state index contributed by atoms with van der Waals surface area (Å²) < 4.78 is 5.52. The summed E-state index contributed by atoms with van der Waals surface area (Å²) in [5.74, 6) is 0.646. The number of nitrogens with one attached hydrogen (secondary N) is 1. The molecule has 1 fully saturated rings. The fraction of sp³-hybridized carbons (Fsp3) is 0.562. The van der Waals surface area contributed by atoms with Crippen LogP contribution in [-0.4, -0.2) is 52.2 Å². The SMILES string of the molecule is CC1=NC(N)=NC2C1CC(c1ccn[nH]1)=CN2C1CCOCC1. The molecule has 0 bridgehead atoms. The van der Waals surface area contributed by atoms with Crippen LogP contribution in [0.3, 0.4) is 0 Å². The van der Waals surface area contributed by atoms with E-state index >= 15 is 0 Å². The lowest BCUT2D eigenvalue weighted by Gasteiger charge is -2.45. The molecule has 0 aliphatic carbocycles. The van der Waals surface area contributed by atoms with Gasteiger partial charge in [0.1, 0.15) is 6.17 Å². The quantitative estimate of drug-likeness (QED) is 0.862. The van der Waals surface area contributed by atoms with E-state index in [1.165, 1.54) is 5.57 Å². The van der Waals surface area contributed by atoms with Crippen molar-refractivity contribution in [1.29, 1.82) is 0 Å². The Morgan fingerprint density at radius 2 is 2.17 bits per heavy atom. The Morgan fingerprint density at radius 3 is 2.91 bits per heavy atom. The minimum atomic E-state index is 0.0438. The van der Waals surface area contributed by atoms with Crippen LogP contribution in [0.2, 0.25) is 0 Å². The van der Waals surface area contributed by atoms with E-state index in [4.69, 9.17) is 10.5 Å². The number of fused-ring (bicyclic) bond motifs is 1. The maximum atomic E-state index is 5.93. The van der Waals surface area contributed by atoms with Crippen LogP contribution in [-0.2, 0) is 4.74 Å². The van der Waals surface area contributed by atoms with Crippen LogP contribution in [0.4, 0.5) is 0 Å². The maximum absolute atomic E-state index is 5.93. The number of aromatic amines is 1. The highest BCUT2D eigenvalue weighted by Gasteiger charge is 2.39. The summed E-state index contributed by atoms with van der Waals surface area (Å²) in [4.78, 5) is 11.4. The minimum Gasteiger partial charge on any atom is -0.381 e. The molecule has 4 rings (SSSR count). The molecule has 23 heavy (non-hydrogen) atoms. The molecule has 3 aliphatic rings. The summed E-state index contributed by atoms with van der Waals surface area (Å²) in [5.41, 5.74) is 9.30. The van der Waals surface area contributed by atoms with Gasteiger partial charge in [0, 0.05) is 43.3 Å². The molecule has 0 radical (unpaired) electrons. The van der Waals surface area contributed by atoms with Gasteiger partial charge in [-0.05, 0) is 37.8 Å². The van der Waals surface area contributed by atoms with Crippen LogP contribution in [0.25, 0.3) is 5.57 Å². The van der Waals surface area contributed by atoms with Crippen LogP contribution < -0.4 is 5.73 Å². The van der Waals surface area contributed by atoms with Gasteiger partial charge in [0.2, 0.25) is 5.96 Å². The van der Waals surface area contributed by atoms with Crippen LogP contribution in [0.5, 0.6) is 0 Å². The van der Waals surface area contributed by atoms with Gasteiger partial charge in [0.15, 0.2) is 0 Å². The highest BCUT2D eigenvalue weighted by Crippen LogP contribution is 2.37. The second kappa shape index (κ2) is 5.81. The average molecular weight is 314 g/mol. The summed E-state index contributed by atoms with van der Waals surface area (Å²) in [5, 5.41) is 7.17. The molecule has 0 amide bonds. The van der Waals surface area contributed by atoms with E-state index in [-0.39, 0.29) is 12.1 Å². The molecular formula is C16H22N6O. The van der Waals surface area contributed by atoms with Gasteiger partial charge in [-0.15, -0.1) is 0 Å². The minimum absolute atomic E-state index is 0.0438. The van der Waals surface area contributed by atoms with E-state index in [1.807, 2.05) is 6.07 Å². The van der Waals surface area contributed by atoms with Crippen molar-refractivity contribution in [2.45, 2.75) is 38.4 Å². The van der Waals surface area contributed by atoms with Gasteiger partial charge in [-0.25, -0.2) is 9.98 Å². The second-order valence-corrected chi connectivity index (χ2v) is 6.38.